The Bertz CT molecular complexity index is 1090. The van der Waals surface area contributed by atoms with E-state index in [1.54, 1.807) is 47.4 Å². The van der Waals surface area contributed by atoms with Crippen molar-refractivity contribution < 1.29 is 18.8 Å². The quantitative estimate of drug-likeness (QED) is 0.634. The Morgan fingerprint density at radius 1 is 1.20 bits per heavy atom. The third kappa shape index (κ3) is 3.18. The van der Waals surface area contributed by atoms with Crippen molar-refractivity contribution in [2.24, 2.45) is 0 Å². The molecule has 5 rings (SSSR count). The number of carbonyl (C=O) groups is 1. The van der Waals surface area contributed by atoms with Gasteiger partial charge in [-0.1, -0.05) is 22.8 Å². The van der Waals surface area contributed by atoms with E-state index in [0.717, 1.165) is 18.4 Å². The first-order chi connectivity index (χ1) is 14.4. The van der Waals surface area contributed by atoms with E-state index in [-0.39, 0.29) is 42.1 Å². The predicted octanol–water partition coefficient (Wildman–Crippen LogP) is 4.18. The van der Waals surface area contributed by atoms with Gasteiger partial charge in [0.25, 0.3) is 5.91 Å². The summed E-state index contributed by atoms with van der Waals surface area (Å²) in [5.74, 6) is -0.420. The Labute approximate surface area is 177 Å². The van der Waals surface area contributed by atoms with Crippen molar-refractivity contribution in [3.8, 4) is 11.3 Å². The summed E-state index contributed by atoms with van der Waals surface area (Å²) in [6.07, 6.45) is 3.39. The molecule has 8 heteroatoms. The Hall–Kier alpha value is -2.77. The molecule has 3 aromatic rings. The fourth-order valence-corrected chi connectivity index (χ4v) is 4.89. The molecule has 0 saturated carbocycles. The van der Waals surface area contributed by atoms with Gasteiger partial charge in [0.15, 0.2) is 11.5 Å². The zero-order valence-electron chi connectivity index (χ0n) is 16.0. The average molecular weight is 428 g/mol. The normalized spacial score (nSPS) is 25.5. The van der Waals surface area contributed by atoms with Gasteiger partial charge in [0.1, 0.15) is 0 Å². The summed E-state index contributed by atoms with van der Waals surface area (Å²) in [6.45, 7) is 0. The fourth-order valence-electron chi connectivity index (χ4n) is 4.77. The molecular formula is C22H19ClFN3O3. The summed E-state index contributed by atoms with van der Waals surface area (Å²) in [5.41, 5.74) is -0.150. The molecule has 2 aliphatic rings. The molecule has 4 heterocycles. The molecule has 1 aromatic carbocycles. The van der Waals surface area contributed by atoms with Crippen LogP contribution in [0.5, 0.6) is 0 Å². The SMILES string of the molecule is O=C(c1cc(-c2ccc(Cl)cc2)on1)N1C2CCC1CC(O)(c1cccnc1F)C2. The molecule has 0 spiro atoms. The lowest BCUT2D eigenvalue weighted by atomic mass is 9.81. The number of hydrogen-bond acceptors (Lipinski definition) is 5. The zero-order chi connectivity index (χ0) is 20.9. The monoisotopic (exact) mass is 427 g/mol. The number of benzene rings is 1. The van der Waals surface area contributed by atoms with E-state index in [1.807, 2.05) is 0 Å². The molecule has 6 nitrogen and oxygen atoms in total. The predicted molar refractivity (Wildman–Crippen MR) is 107 cm³/mol. The Kier molecular flexibility index (Phi) is 4.60. The van der Waals surface area contributed by atoms with Crippen LogP contribution in [0.2, 0.25) is 5.02 Å². The van der Waals surface area contributed by atoms with E-state index >= 15 is 0 Å². The number of halogens is 2. The second kappa shape index (κ2) is 7.18. The highest BCUT2D eigenvalue weighted by atomic mass is 35.5. The maximum atomic E-state index is 14.2. The van der Waals surface area contributed by atoms with Crippen LogP contribution in [0.1, 0.15) is 41.7 Å². The summed E-state index contributed by atoms with van der Waals surface area (Å²) < 4.78 is 19.6. The maximum Gasteiger partial charge on any atom is 0.276 e. The number of aliphatic hydroxyl groups is 1. The number of hydrogen-bond donors (Lipinski definition) is 1. The van der Waals surface area contributed by atoms with Gasteiger partial charge in [0.05, 0.1) is 5.60 Å². The van der Waals surface area contributed by atoms with E-state index in [4.69, 9.17) is 16.1 Å². The molecule has 2 fully saturated rings. The minimum absolute atomic E-state index is 0.195. The third-order valence-electron chi connectivity index (χ3n) is 6.12. The first kappa shape index (κ1) is 19.2. The fraction of sp³-hybridized carbons (Fsp3) is 0.318. The van der Waals surface area contributed by atoms with E-state index in [1.165, 1.54) is 6.20 Å². The molecule has 1 N–H and O–H groups in total. The summed E-state index contributed by atoms with van der Waals surface area (Å²) in [7, 11) is 0. The van der Waals surface area contributed by atoms with Crippen LogP contribution >= 0.6 is 11.6 Å². The van der Waals surface area contributed by atoms with E-state index in [0.29, 0.717) is 10.8 Å². The first-order valence-electron chi connectivity index (χ1n) is 9.83. The van der Waals surface area contributed by atoms with Gasteiger partial charge in [-0.3, -0.25) is 4.79 Å². The molecule has 2 atom stereocenters. The minimum atomic E-state index is -1.33. The zero-order valence-corrected chi connectivity index (χ0v) is 16.7. The summed E-state index contributed by atoms with van der Waals surface area (Å²) >= 11 is 5.92. The van der Waals surface area contributed by atoms with Crippen LogP contribution in [-0.2, 0) is 5.60 Å². The number of rotatable bonds is 3. The average Bonchev–Trinajstić information content (AvgIpc) is 3.32. The molecule has 1 amide bonds. The smallest absolute Gasteiger partial charge is 0.276 e. The van der Waals surface area contributed by atoms with Crippen molar-refractivity contribution in [1.82, 2.24) is 15.0 Å². The molecule has 2 saturated heterocycles. The molecule has 2 aromatic heterocycles. The molecule has 2 aliphatic heterocycles. The standard InChI is InChI=1S/C22H19ClFN3O3/c23-14-5-3-13(4-6-14)19-10-18(26-30-19)21(28)27-15-7-8-16(27)12-22(29,11-15)17-2-1-9-25-20(17)24/h1-6,9-10,15-16,29H,7-8,11-12H2. The second-order valence-corrected chi connectivity index (χ2v) is 8.40. The largest absolute Gasteiger partial charge is 0.385 e. The van der Waals surface area contributed by atoms with E-state index < -0.39 is 11.5 Å². The topological polar surface area (TPSA) is 79.5 Å². The Balaban J connectivity index is 1.38. The van der Waals surface area contributed by atoms with Crippen LogP contribution in [0.3, 0.4) is 0 Å². The van der Waals surface area contributed by atoms with Crippen molar-refractivity contribution in [2.75, 3.05) is 0 Å². The molecule has 2 unspecified atom stereocenters. The summed E-state index contributed by atoms with van der Waals surface area (Å²) in [5, 5.41) is 15.8. The summed E-state index contributed by atoms with van der Waals surface area (Å²) in [6, 6.07) is 11.5. The van der Waals surface area contributed by atoms with Gasteiger partial charge >= 0.3 is 0 Å². The Morgan fingerprint density at radius 3 is 2.57 bits per heavy atom. The maximum absolute atomic E-state index is 14.2. The van der Waals surface area contributed by atoms with E-state index in [2.05, 4.69) is 10.1 Å². The molecule has 0 aliphatic carbocycles. The molecular weight excluding hydrogens is 409 g/mol. The number of pyridine rings is 1. The molecule has 30 heavy (non-hydrogen) atoms. The minimum Gasteiger partial charge on any atom is -0.385 e. The molecule has 2 bridgehead atoms. The van der Waals surface area contributed by atoms with E-state index in [9.17, 15) is 14.3 Å². The number of aromatic nitrogens is 2. The highest BCUT2D eigenvalue weighted by Crippen LogP contribution is 2.46. The number of nitrogens with zero attached hydrogens (tertiary/aromatic N) is 3. The van der Waals surface area contributed by atoms with Crippen molar-refractivity contribution in [3.05, 3.63) is 70.9 Å². The third-order valence-corrected chi connectivity index (χ3v) is 6.37. The van der Waals surface area contributed by atoms with Crippen molar-refractivity contribution >= 4 is 17.5 Å². The number of carbonyl (C=O) groups excluding carboxylic acids is 1. The lowest BCUT2D eigenvalue weighted by Crippen LogP contribution is -2.52. The van der Waals surface area contributed by atoms with Crippen LogP contribution in [0, 0.1) is 5.95 Å². The Morgan fingerprint density at radius 2 is 1.90 bits per heavy atom. The van der Waals surface area contributed by atoms with Gasteiger partial charge < -0.3 is 14.5 Å². The van der Waals surface area contributed by atoms with Crippen LogP contribution in [0.15, 0.2) is 53.2 Å². The lowest BCUT2D eigenvalue weighted by Gasteiger charge is -2.43. The van der Waals surface area contributed by atoms with Crippen LogP contribution < -0.4 is 0 Å². The highest BCUT2D eigenvalue weighted by molar-refractivity contribution is 6.30. The van der Waals surface area contributed by atoms with Gasteiger partial charge in [-0.05, 0) is 43.2 Å². The molecule has 154 valence electrons. The lowest BCUT2D eigenvalue weighted by molar-refractivity contribution is -0.0506. The van der Waals surface area contributed by atoms with Gasteiger partial charge in [-0.15, -0.1) is 0 Å². The number of amides is 1. The highest BCUT2D eigenvalue weighted by Gasteiger charge is 2.51. The van der Waals surface area contributed by atoms with Gasteiger partial charge in [-0.25, -0.2) is 4.98 Å². The van der Waals surface area contributed by atoms with Crippen molar-refractivity contribution in [1.29, 1.82) is 0 Å². The van der Waals surface area contributed by atoms with Crippen molar-refractivity contribution in [3.63, 3.8) is 0 Å². The summed E-state index contributed by atoms with van der Waals surface area (Å²) in [4.78, 5) is 18.6. The van der Waals surface area contributed by atoms with Gasteiger partial charge in [0.2, 0.25) is 5.95 Å². The van der Waals surface area contributed by atoms with Crippen LogP contribution in [0.25, 0.3) is 11.3 Å². The van der Waals surface area contributed by atoms with Gasteiger partial charge in [0, 0.05) is 53.3 Å². The molecule has 0 radical (unpaired) electrons. The number of piperidine rings is 1. The van der Waals surface area contributed by atoms with Gasteiger partial charge in [-0.2, -0.15) is 4.39 Å². The number of fused-ring (bicyclic) bond motifs is 2. The first-order valence-corrected chi connectivity index (χ1v) is 10.2. The second-order valence-electron chi connectivity index (χ2n) is 7.96. The van der Waals surface area contributed by atoms with Crippen molar-refractivity contribution in [2.45, 2.75) is 43.4 Å². The van der Waals surface area contributed by atoms with Crippen LogP contribution in [0.4, 0.5) is 4.39 Å². The van der Waals surface area contributed by atoms with Crippen LogP contribution in [-0.4, -0.2) is 38.1 Å².